The molecule has 1 N–H and O–H groups in total. The Kier molecular flexibility index (Phi) is 5.18. The largest absolute Gasteiger partial charge is 0.390 e. The van der Waals surface area contributed by atoms with E-state index in [0.29, 0.717) is 26.2 Å². The van der Waals surface area contributed by atoms with E-state index in [2.05, 4.69) is 0 Å². The number of hydrogen-bond acceptors (Lipinski definition) is 4. The molecule has 1 fully saturated rings. The van der Waals surface area contributed by atoms with Gasteiger partial charge in [-0.25, -0.2) is 0 Å². The molecular formula is C12H24O4. The van der Waals surface area contributed by atoms with E-state index in [4.69, 9.17) is 14.2 Å². The van der Waals surface area contributed by atoms with Gasteiger partial charge in [0, 0.05) is 13.0 Å². The van der Waals surface area contributed by atoms with Crippen LogP contribution < -0.4 is 0 Å². The van der Waals surface area contributed by atoms with Crippen LogP contribution >= 0.6 is 0 Å². The molecule has 96 valence electrons. The minimum absolute atomic E-state index is 0.0264. The van der Waals surface area contributed by atoms with Crippen LogP contribution in [0.15, 0.2) is 0 Å². The highest BCUT2D eigenvalue weighted by Crippen LogP contribution is 2.27. The number of aliphatic hydroxyl groups excluding tert-OH is 1. The smallest absolute Gasteiger partial charge is 0.110 e. The molecule has 4 nitrogen and oxygen atoms in total. The van der Waals surface area contributed by atoms with Crippen molar-refractivity contribution in [3.63, 3.8) is 0 Å². The predicted octanol–water partition coefficient (Wildman–Crippen LogP) is 1.36. The molecule has 1 aliphatic carbocycles. The molecule has 0 heterocycles. The number of ether oxygens (including phenoxy) is 3. The van der Waals surface area contributed by atoms with Crippen molar-refractivity contribution in [3.8, 4) is 0 Å². The molecule has 0 aliphatic heterocycles. The third-order valence-corrected chi connectivity index (χ3v) is 2.53. The summed E-state index contributed by atoms with van der Waals surface area (Å²) in [6.07, 6.45) is 0.173. The maximum Gasteiger partial charge on any atom is 0.110 e. The Labute approximate surface area is 97.9 Å². The van der Waals surface area contributed by atoms with Gasteiger partial charge in [0.15, 0.2) is 0 Å². The summed E-state index contributed by atoms with van der Waals surface area (Å²) >= 11 is 0. The van der Waals surface area contributed by atoms with Crippen molar-refractivity contribution in [1.29, 1.82) is 0 Å². The first-order chi connectivity index (χ1) is 7.44. The van der Waals surface area contributed by atoms with Crippen molar-refractivity contribution >= 4 is 0 Å². The lowest BCUT2D eigenvalue weighted by molar-refractivity contribution is -0.196. The maximum atomic E-state index is 9.46. The highest BCUT2D eigenvalue weighted by molar-refractivity contribution is 4.91. The summed E-state index contributed by atoms with van der Waals surface area (Å²) in [4.78, 5) is 0. The molecule has 0 radical (unpaired) electrons. The summed E-state index contributed by atoms with van der Waals surface area (Å²) in [5, 5.41) is 9.46. The summed E-state index contributed by atoms with van der Waals surface area (Å²) in [6.45, 7) is 9.72. The van der Waals surface area contributed by atoms with Crippen LogP contribution in [0.1, 0.15) is 34.1 Å². The van der Waals surface area contributed by atoms with Gasteiger partial charge in [-0.2, -0.15) is 0 Å². The molecule has 0 spiro atoms. The van der Waals surface area contributed by atoms with Crippen LogP contribution in [0, 0.1) is 0 Å². The zero-order chi connectivity index (χ0) is 12.2. The number of hydrogen-bond donors (Lipinski definition) is 1. The summed E-state index contributed by atoms with van der Waals surface area (Å²) in [6, 6.07) is 0. The SMILES string of the molecule is CCOC1C(O)CC1OCCOC(C)(C)C. The molecule has 3 atom stereocenters. The van der Waals surface area contributed by atoms with Crippen molar-refractivity contribution < 1.29 is 19.3 Å². The topological polar surface area (TPSA) is 47.9 Å². The van der Waals surface area contributed by atoms with Crippen molar-refractivity contribution in [3.05, 3.63) is 0 Å². The molecule has 0 aromatic heterocycles. The van der Waals surface area contributed by atoms with E-state index >= 15 is 0 Å². The van der Waals surface area contributed by atoms with Crippen LogP contribution in [0.5, 0.6) is 0 Å². The lowest BCUT2D eigenvalue weighted by Gasteiger charge is -2.40. The molecule has 0 aromatic carbocycles. The Morgan fingerprint density at radius 2 is 1.88 bits per heavy atom. The summed E-state index contributed by atoms with van der Waals surface area (Å²) < 4.78 is 16.5. The second-order valence-electron chi connectivity index (χ2n) is 5.09. The van der Waals surface area contributed by atoms with Gasteiger partial charge >= 0.3 is 0 Å². The molecule has 1 rings (SSSR count). The second kappa shape index (κ2) is 5.96. The third-order valence-electron chi connectivity index (χ3n) is 2.53. The summed E-state index contributed by atoms with van der Waals surface area (Å²) in [7, 11) is 0. The second-order valence-corrected chi connectivity index (χ2v) is 5.09. The van der Waals surface area contributed by atoms with E-state index in [0.717, 1.165) is 0 Å². The van der Waals surface area contributed by atoms with Crippen LogP contribution in [-0.2, 0) is 14.2 Å². The van der Waals surface area contributed by atoms with Gasteiger partial charge in [-0.05, 0) is 27.7 Å². The van der Waals surface area contributed by atoms with E-state index in [9.17, 15) is 5.11 Å². The van der Waals surface area contributed by atoms with Gasteiger partial charge < -0.3 is 19.3 Å². The Balaban J connectivity index is 2.10. The molecule has 16 heavy (non-hydrogen) atoms. The number of rotatable bonds is 6. The molecule has 0 amide bonds. The average Bonchev–Trinajstić information content (AvgIpc) is 2.17. The highest BCUT2D eigenvalue weighted by Gasteiger charge is 2.41. The quantitative estimate of drug-likeness (QED) is 0.702. The Morgan fingerprint density at radius 1 is 1.19 bits per heavy atom. The fraction of sp³-hybridized carbons (Fsp3) is 1.00. The number of aliphatic hydroxyl groups is 1. The standard InChI is InChI=1S/C12H24O4/c1-5-14-11-9(13)8-10(11)15-6-7-16-12(2,3)4/h9-11,13H,5-8H2,1-4H3. The Morgan fingerprint density at radius 3 is 2.38 bits per heavy atom. The maximum absolute atomic E-state index is 9.46. The molecule has 0 bridgehead atoms. The van der Waals surface area contributed by atoms with Gasteiger partial charge in [0.25, 0.3) is 0 Å². The van der Waals surface area contributed by atoms with E-state index in [1.165, 1.54) is 0 Å². The molecule has 1 saturated carbocycles. The van der Waals surface area contributed by atoms with Gasteiger partial charge in [-0.15, -0.1) is 0 Å². The van der Waals surface area contributed by atoms with E-state index in [-0.39, 0.29) is 23.9 Å². The normalized spacial score (nSPS) is 30.2. The Bertz CT molecular complexity index is 200. The lowest BCUT2D eigenvalue weighted by atomic mass is 9.88. The van der Waals surface area contributed by atoms with Crippen LogP contribution in [0.3, 0.4) is 0 Å². The first-order valence-electron chi connectivity index (χ1n) is 5.99. The molecule has 0 aromatic rings. The van der Waals surface area contributed by atoms with Crippen LogP contribution in [-0.4, -0.2) is 48.8 Å². The van der Waals surface area contributed by atoms with Gasteiger partial charge in [0.1, 0.15) is 6.10 Å². The van der Waals surface area contributed by atoms with E-state index in [1.807, 2.05) is 27.7 Å². The van der Waals surface area contributed by atoms with Crippen molar-refractivity contribution in [1.82, 2.24) is 0 Å². The van der Waals surface area contributed by atoms with E-state index in [1.54, 1.807) is 0 Å². The third kappa shape index (κ3) is 4.37. The van der Waals surface area contributed by atoms with Crippen molar-refractivity contribution in [2.45, 2.75) is 58.0 Å². The van der Waals surface area contributed by atoms with Gasteiger partial charge in [-0.1, -0.05) is 0 Å². The van der Waals surface area contributed by atoms with E-state index < -0.39 is 0 Å². The minimum Gasteiger partial charge on any atom is -0.390 e. The monoisotopic (exact) mass is 232 g/mol. The average molecular weight is 232 g/mol. The summed E-state index contributed by atoms with van der Waals surface area (Å²) in [5.41, 5.74) is -0.123. The fourth-order valence-corrected chi connectivity index (χ4v) is 1.68. The van der Waals surface area contributed by atoms with Crippen molar-refractivity contribution in [2.75, 3.05) is 19.8 Å². The molecule has 0 saturated heterocycles. The Hall–Kier alpha value is -0.160. The van der Waals surface area contributed by atoms with Crippen molar-refractivity contribution in [2.24, 2.45) is 0 Å². The van der Waals surface area contributed by atoms with Crippen LogP contribution in [0.2, 0.25) is 0 Å². The molecule has 1 aliphatic rings. The molecule has 4 heteroatoms. The lowest BCUT2D eigenvalue weighted by Crippen LogP contribution is -2.54. The minimum atomic E-state index is -0.367. The zero-order valence-corrected chi connectivity index (χ0v) is 10.7. The zero-order valence-electron chi connectivity index (χ0n) is 10.7. The predicted molar refractivity (Wildman–Crippen MR) is 61.5 cm³/mol. The highest BCUT2D eigenvalue weighted by atomic mass is 16.6. The molecular weight excluding hydrogens is 208 g/mol. The van der Waals surface area contributed by atoms with Crippen LogP contribution in [0.4, 0.5) is 0 Å². The first kappa shape index (κ1) is 13.9. The van der Waals surface area contributed by atoms with Gasteiger partial charge in [0.05, 0.1) is 31.0 Å². The van der Waals surface area contributed by atoms with Gasteiger partial charge in [0.2, 0.25) is 0 Å². The molecule has 3 unspecified atom stereocenters. The fourth-order valence-electron chi connectivity index (χ4n) is 1.68. The van der Waals surface area contributed by atoms with Crippen LogP contribution in [0.25, 0.3) is 0 Å². The summed E-state index contributed by atoms with van der Waals surface area (Å²) in [5.74, 6) is 0. The first-order valence-corrected chi connectivity index (χ1v) is 5.99. The van der Waals surface area contributed by atoms with Gasteiger partial charge in [-0.3, -0.25) is 0 Å².